The van der Waals surface area contributed by atoms with Crippen molar-refractivity contribution in [3.8, 4) is 0 Å². The lowest BCUT2D eigenvalue weighted by molar-refractivity contribution is 0.0962. The molecule has 0 radical (unpaired) electrons. The number of anilines is 1. The number of rotatable bonds is 5. The Morgan fingerprint density at radius 2 is 2.19 bits per heavy atom. The summed E-state index contributed by atoms with van der Waals surface area (Å²) in [6, 6.07) is 2.17. The van der Waals surface area contributed by atoms with Gasteiger partial charge in [-0.2, -0.15) is 5.10 Å². The highest BCUT2D eigenvalue weighted by atomic mass is 32.1. The van der Waals surface area contributed by atoms with Crippen LogP contribution in [0.25, 0.3) is 10.2 Å². The number of aromatic nitrogens is 3. The molecule has 1 atom stereocenters. The van der Waals surface area contributed by atoms with Crippen LogP contribution >= 0.6 is 11.3 Å². The van der Waals surface area contributed by atoms with Gasteiger partial charge in [-0.3, -0.25) is 5.43 Å². The molecule has 4 rings (SSSR count). The van der Waals surface area contributed by atoms with Gasteiger partial charge in [-0.15, -0.1) is 11.3 Å². The number of aryl methyl sites for hydroxylation is 3. The standard InChI is InChI=1S/C20H25N5OS/c1-12-8-16(14(3)25(12)10-17-6-5-7-26-17)9-23-24-19-18-13(2)15(4)27-20(18)22-11-21-19/h8-9,11,17H,5-7,10H2,1-4H3,(H,21,22,24)/b23-9-/t17-/m0/s1. The molecule has 3 aromatic heterocycles. The fourth-order valence-corrected chi connectivity index (χ4v) is 4.66. The number of hydrogen-bond donors (Lipinski definition) is 1. The third kappa shape index (κ3) is 3.49. The quantitative estimate of drug-likeness (QED) is 0.525. The van der Waals surface area contributed by atoms with Gasteiger partial charge in [0.15, 0.2) is 5.82 Å². The Kier molecular flexibility index (Phi) is 4.97. The molecule has 0 saturated carbocycles. The first-order valence-electron chi connectivity index (χ1n) is 9.32. The van der Waals surface area contributed by atoms with Crippen LogP contribution in [-0.4, -0.2) is 33.5 Å². The molecule has 1 N–H and O–H groups in total. The highest BCUT2D eigenvalue weighted by Gasteiger charge is 2.18. The Labute approximate surface area is 163 Å². The molecule has 7 heteroatoms. The number of fused-ring (bicyclic) bond motifs is 1. The van der Waals surface area contributed by atoms with Gasteiger partial charge in [0.2, 0.25) is 0 Å². The summed E-state index contributed by atoms with van der Waals surface area (Å²) < 4.78 is 8.12. The van der Waals surface area contributed by atoms with Crippen LogP contribution in [0.3, 0.4) is 0 Å². The normalized spacial score (nSPS) is 17.4. The van der Waals surface area contributed by atoms with E-state index >= 15 is 0 Å². The number of ether oxygens (including phenoxy) is 1. The minimum Gasteiger partial charge on any atom is -0.376 e. The van der Waals surface area contributed by atoms with Crippen LogP contribution in [-0.2, 0) is 11.3 Å². The van der Waals surface area contributed by atoms with E-state index in [0.29, 0.717) is 6.10 Å². The molecule has 4 heterocycles. The van der Waals surface area contributed by atoms with Crippen molar-refractivity contribution in [3.63, 3.8) is 0 Å². The lowest BCUT2D eigenvalue weighted by Gasteiger charge is -2.14. The summed E-state index contributed by atoms with van der Waals surface area (Å²) in [7, 11) is 0. The minimum absolute atomic E-state index is 0.330. The Morgan fingerprint density at radius 1 is 1.33 bits per heavy atom. The second-order valence-electron chi connectivity index (χ2n) is 7.13. The third-order valence-electron chi connectivity index (χ3n) is 5.36. The smallest absolute Gasteiger partial charge is 0.158 e. The first-order chi connectivity index (χ1) is 13.0. The van der Waals surface area contributed by atoms with Crippen LogP contribution in [0.1, 0.15) is 40.2 Å². The molecule has 1 saturated heterocycles. The SMILES string of the molecule is Cc1sc2ncnc(N/N=C\c3cc(C)n(C[C@@H]4CCCO4)c3C)c2c1C. The molecule has 142 valence electrons. The van der Waals surface area contributed by atoms with E-state index in [0.717, 1.165) is 47.6 Å². The molecule has 1 aliphatic rings. The van der Waals surface area contributed by atoms with E-state index in [9.17, 15) is 0 Å². The second kappa shape index (κ2) is 7.40. The van der Waals surface area contributed by atoms with E-state index in [1.165, 1.54) is 21.8 Å². The first-order valence-corrected chi connectivity index (χ1v) is 10.1. The molecule has 1 aliphatic heterocycles. The van der Waals surface area contributed by atoms with Crippen molar-refractivity contribution in [1.82, 2.24) is 14.5 Å². The monoisotopic (exact) mass is 383 g/mol. The number of nitrogens with one attached hydrogen (secondary N) is 1. The molecular formula is C20H25N5OS. The fraction of sp³-hybridized carbons (Fsp3) is 0.450. The molecule has 0 unspecified atom stereocenters. The van der Waals surface area contributed by atoms with Gasteiger partial charge in [-0.1, -0.05) is 0 Å². The summed E-state index contributed by atoms with van der Waals surface area (Å²) >= 11 is 1.69. The van der Waals surface area contributed by atoms with Gasteiger partial charge < -0.3 is 9.30 Å². The number of hydrogen-bond acceptors (Lipinski definition) is 6. The predicted molar refractivity (Wildman–Crippen MR) is 111 cm³/mol. The molecule has 0 spiro atoms. The summed E-state index contributed by atoms with van der Waals surface area (Å²) in [4.78, 5) is 11.0. The molecule has 0 amide bonds. The van der Waals surface area contributed by atoms with Gasteiger partial charge in [-0.05, 0) is 52.2 Å². The third-order valence-corrected chi connectivity index (χ3v) is 6.48. The van der Waals surface area contributed by atoms with Crippen molar-refractivity contribution in [2.24, 2.45) is 5.10 Å². The van der Waals surface area contributed by atoms with Crippen LogP contribution in [0.2, 0.25) is 0 Å². The lowest BCUT2D eigenvalue weighted by atomic mass is 10.2. The minimum atomic E-state index is 0.330. The maximum atomic E-state index is 5.79. The fourth-order valence-electron chi connectivity index (χ4n) is 3.66. The van der Waals surface area contributed by atoms with Gasteiger partial charge in [0.25, 0.3) is 0 Å². The Morgan fingerprint density at radius 3 is 2.96 bits per heavy atom. The summed E-state index contributed by atoms with van der Waals surface area (Å²) in [5, 5.41) is 5.51. The number of thiophene rings is 1. The predicted octanol–water partition coefficient (Wildman–Crippen LogP) is 4.35. The molecule has 3 aromatic rings. The summed E-state index contributed by atoms with van der Waals surface area (Å²) in [5.74, 6) is 0.756. The zero-order valence-electron chi connectivity index (χ0n) is 16.2. The highest BCUT2D eigenvalue weighted by Crippen LogP contribution is 2.32. The summed E-state index contributed by atoms with van der Waals surface area (Å²) in [6.07, 6.45) is 6.10. The molecule has 6 nitrogen and oxygen atoms in total. The first kappa shape index (κ1) is 18.1. The molecule has 0 aliphatic carbocycles. The van der Waals surface area contributed by atoms with Gasteiger partial charge in [0.05, 0.1) is 17.7 Å². The molecule has 1 fully saturated rings. The van der Waals surface area contributed by atoms with E-state index in [2.05, 4.69) is 58.8 Å². The molecule has 27 heavy (non-hydrogen) atoms. The Bertz CT molecular complexity index is 998. The van der Waals surface area contributed by atoms with Crippen molar-refractivity contribution in [1.29, 1.82) is 0 Å². The van der Waals surface area contributed by atoms with Crippen LogP contribution in [0, 0.1) is 27.7 Å². The van der Waals surface area contributed by atoms with E-state index in [4.69, 9.17) is 4.74 Å². The van der Waals surface area contributed by atoms with Gasteiger partial charge >= 0.3 is 0 Å². The largest absolute Gasteiger partial charge is 0.376 e. The maximum Gasteiger partial charge on any atom is 0.158 e. The van der Waals surface area contributed by atoms with Gasteiger partial charge in [0, 0.05) is 35.0 Å². The lowest BCUT2D eigenvalue weighted by Crippen LogP contribution is -2.16. The average molecular weight is 384 g/mol. The van der Waals surface area contributed by atoms with E-state index < -0.39 is 0 Å². The van der Waals surface area contributed by atoms with Crippen LogP contribution in [0.5, 0.6) is 0 Å². The summed E-state index contributed by atoms with van der Waals surface area (Å²) in [5.41, 5.74) is 7.88. The molecule has 0 bridgehead atoms. The summed E-state index contributed by atoms with van der Waals surface area (Å²) in [6.45, 7) is 10.3. The van der Waals surface area contributed by atoms with E-state index in [1.54, 1.807) is 17.7 Å². The van der Waals surface area contributed by atoms with E-state index in [-0.39, 0.29) is 0 Å². The number of hydrazone groups is 1. The van der Waals surface area contributed by atoms with Gasteiger partial charge in [-0.25, -0.2) is 9.97 Å². The topological polar surface area (TPSA) is 64.3 Å². The maximum absolute atomic E-state index is 5.79. The van der Waals surface area contributed by atoms with Crippen molar-refractivity contribution >= 4 is 33.6 Å². The van der Waals surface area contributed by atoms with Crippen LogP contribution in [0.4, 0.5) is 5.82 Å². The van der Waals surface area contributed by atoms with Crippen molar-refractivity contribution < 1.29 is 4.74 Å². The number of nitrogens with zero attached hydrogens (tertiary/aromatic N) is 4. The average Bonchev–Trinajstić information content (AvgIpc) is 3.33. The van der Waals surface area contributed by atoms with Crippen LogP contribution in [0.15, 0.2) is 17.5 Å². The van der Waals surface area contributed by atoms with Crippen molar-refractivity contribution in [3.05, 3.63) is 39.8 Å². The zero-order chi connectivity index (χ0) is 19.0. The Balaban J connectivity index is 1.54. The van der Waals surface area contributed by atoms with Crippen LogP contribution < -0.4 is 5.43 Å². The second-order valence-corrected chi connectivity index (χ2v) is 8.33. The Hall–Kier alpha value is -2.25. The highest BCUT2D eigenvalue weighted by molar-refractivity contribution is 7.18. The van der Waals surface area contributed by atoms with Crippen molar-refractivity contribution in [2.75, 3.05) is 12.0 Å². The zero-order valence-corrected chi connectivity index (χ0v) is 17.1. The molecular weight excluding hydrogens is 358 g/mol. The van der Waals surface area contributed by atoms with E-state index in [1.807, 2.05) is 6.21 Å². The molecule has 0 aromatic carbocycles. The van der Waals surface area contributed by atoms with Crippen molar-refractivity contribution in [2.45, 2.75) is 53.2 Å². The van der Waals surface area contributed by atoms with Gasteiger partial charge in [0.1, 0.15) is 11.2 Å².